The van der Waals surface area contributed by atoms with Crippen molar-refractivity contribution in [1.82, 2.24) is 0 Å². The fraction of sp³-hybridized carbons (Fsp3) is 0.133. The molecule has 18 heavy (non-hydrogen) atoms. The molecule has 0 bridgehead atoms. The Morgan fingerprint density at radius 1 is 1.00 bits per heavy atom. The summed E-state index contributed by atoms with van der Waals surface area (Å²) in [4.78, 5) is 0. The minimum atomic E-state index is 0. The number of halogens is 2. The molecule has 3 heteroatoms. The van der Waals surface area contributed by atoms with Crippen molar-refractivity contribution in [2.75, 3.05) is 6.54 Å². The number of rotatable bonds is 1. The first-order valence-electron chi connectivity index (χ1n) is 5.78. The van der Waals surface area contributed by atoms with Crippen LogP contribution in [-0.2, 0) is 6.42 Å². The van der Waals surface area contributed by atoms with Crippen molar-refractivity contribution < 1.29 is 21.6 Å². The molecule has 0 aromatic heterocycles. The zero-order valence-corrected chi connectivity index (χ0v) is 12.2. The predicted octanol–water partition coefficient (Wildman–Crippen LogP) is 0.663. The summed E-state index contributed by atoms with van der Waals surface area (Å²) < 4.78 is 2.26. The van der Waals surface area contributed by atoms with Crippen molar-refractivity contribution >= 4 is 23.5 Å². The van der Waals surface area contributed by atoms with E-state index in [2.05, 4.69) is 41.1 Å². The highest BCUT2D eigenvalue weighted by Gasteiger charge is 2.17. The quantitative estimate of drug-likeness (QED) is 0.679. The maximum absolute atomic E-state index is 6.02. The molecule has 2 aromatic rings. The van der Waals surface area contributed by atoms with Crippen molar-refractivity contribution in [1.29, 1.82) is 0 Å². The molecule has 0 amide bonds. The lowest BCUT2D eigenvalue weighted by atomic mass is 10.0. The van der Waals surface area contributed by atoms with Gasteiger partial charge in [0.05, 0.1) is 0 Å². The van der Waals surface area contributed by atoms with E-state index >= 15 is 0 Å². The second-order valence-corrected chi connectivity index (χ2v) is 4.69. The zero-order valence-electron chi connectivity index (χ0n) is 9.81. The Labute approximate surface area is 122 Å². The molecule has 0 N–H and O–H groups in total. The molecule has 0 aliphatic carbocycles. The minimum absolute atomic E-state index is 0. The van der Waals surface area contributed by atoms with E-state index < -0.39 is 0 Å². The van der Waals surface area contributed by atoms with Crippen molar-refractivity contribution in [3.63, 3.8) is 0 Å². The smallest absolute Gasteiger partial charge is 0.206 e. The van der Waals surface area contributed by atoms with Crippen LogP contribution in [0.3, 0.4) is 0 Å². The van der Waals surface area contributed by atoms with Gasteiger partial charge in [-0.3, -0.25) is 0 Å². The fourth-order valence-electron chi connectivity index (χ4n) is 2.22. The van der Waals surface area contributed by atoms with Gasteiger partial charge in [0.1, 0.15) is 0 Å². The Balaban J connectivity index is 0.00000120. The highest BCUT2D eigenvalue weighted by Crippen LogP contribution is 2.21. The van der Waals surface area contributed by atoms with E-state index in [1.54, 1.807) is 0 Å². The first-order valence-corrected chi connectivity index (χ1v) is 6.16. The molecule has 1 heterocycles. The van der Waals surface area contributed by atoms with Crippen LogP contribution in [0.1, 0.15) is 11.1 Å². The van der Waals surface area contributed by atoms with Gasteiger partial charge in [-0.05, 0) is 17.7 Å². The van der Waals surface area contributed by atoms with E-state index in [0.717, 1.165) is 23.7 Å². The molecule has 1 nitrogen and oxygen atoms in total. The van der Waals surface area contributed by atoms with Crippen molar-refractivity contribution in [2.24, 2.45) is 0 Å². The average Bonchev–Trinajstić information content (AvgIpc) is 2.38. The summed E-state index contributed by atoms with van der Waals surface area (Å²) in [6, 6.07) is 16.5. The van der Waals surface area contributed by atoms with Crippen molar-refractivity contribution in [3.05, 3.63) is 64.7 Å². The van der Waals surface area contributed by atoms with E-state index in [1.165, 1.54) is 11.1 Å². The molecule has 0 fully saturated rings. The van der Waals surface area contributed by atoms with Crippen molar-refractivity contribution in [3.8, 4) is 0 Å². The molecule has 0 radical (unpaired) electrons. The Morgan fingerprint density at radius 3 is 2.67 bits per heavy atom. The van der Waals surface area contributed by atoms with Gasteiger partial charge < -0.3 is 17.0 Å². The second kappa shape index (κ2) is 5.68. The normalized spacial score (nSPS) is 13.3. The van der Waals surface area contributed by atoms with Crippen LogP contribution in [0.2, 0.25) is 5.02 Å². The number of hydrogen-bond donors (Lipinski definition) is 0. The van der Waals surface area contributed by atoms with Crippen LogP contribution in [0.5, 0.6) is 0 Å². The van der Waals surface area contributed by atoms with E-state index in [-0.39, 0.29) is 17.0 Å². The molecule has 1 aliphatic rings. The lowest BCUT2D eigenvalue weighted by molar-refractivity contribution is -0.436. The fourth-order valence-corrected chi connectivity index (χ4v) is 2.40. The van der Waals surface area contributed by atoms with Crippen LogP contribution < -0.4 is 17.0 Å². The van der Waals surface area contributed by atoms with E-state index in [1.807, 2.05) is 18.2 Å². The molecule has 1 aliphatic heterocycles. The molecule has 0 saturated heterocycles. The third-order valence-electron chi connectivity index (χ3n) is 3.11. The van der Waals surface area contributed by atoms with Crippen molar-refractivity contribution in [2.45, 2.75) is 6.42 Å². The van der Waals surface area contributed by atoms with Gasteiger partial charge in [0, 0.05) is 29.1 Å². The Kier molecular flexibility index (Phi) is 4.20. The van der Waals surface area contributed by atoms with Crippen LogP contribution >= 0.6 is 11.6 Å². The monoisotopic (exact) mass is 321 g/mol. The minimum Gasteiger partial charge on any atom is -1.00 e. The van der Waals surface area contributed by atoms with Gasteiger partial charge in [-0.25, -0.2) is 0 Å². The second-order valence-electron chi connectivity index (χ2n) is 4.25. The summed E-state index contributed by atoms with van der Waals surface area (Å²) in [5.74, 6) is 0. The van der Waals surface area contributed by atoms with Gasteiger partial charge in [0.2, 0.25) is 5.69 Å². The summed E-state index contributed by atoms with van der Waals surface area (Å²) in [5, 5.41) is 0.787. The zero-order chi connectivity index (χ0) is 11.7. The van der Waals surface area contributed by atoms with Gasteiger partial charge in [-0.15, -0.1) is 0 Å². The first-order chi connectivity index (χ1) is 8.33. The Bertz CT molecular complexity index is 593. The Morgan fingerprint density at radius 2 is 1.83 bits per heavy atom. The molecular formula is C15H13BrClN. The molecule has 2 aromatic carbocycles. The summed E-state index contributed by atoms with van der Waals surface area (Å²) in [7, 11) is 0. The van der Waals surface area contributed by atoms with Crippen LogP contribution in [0, 0.1) is 0 Å². The maximum Gasteiger partial charge on any atom is 0.206 e. The third-order valence-corrected chi connectivity index (χ3v) is 3.35. The molecule has 0 saturated carbocycles. The average molecular weight is 323 g/mol. The van der Waals surface area contributed by atoms with E-state index in [9.17, 15) is 0 Å². The first kappa shape index (κ1) is 13.3. The predicted molar refractivity (Wildman–Crippen MR) is 71.6 cm³/mol. The number of benzene rings is 2. The molecular weight excluding hydrogens is 310 g/mol. The molecule has 0 atom stereocenters. The van der Waals surface area contributed by atoms with Crippen LogP contribution in [-0.4, -0.2) is 17.3 Å². The van der Waals surface area contributed by atoms with Gasteiger partial charge in [-0.2, -0.15) is 4.58 Å². The molecule has 0 unspecified atom stereocenters. The lowest BCUT2D eigenvalue weighted by Crippen LogP contribution is -3.00. The Hall–Kier alpha value is -1.12. The summed E-state index contributed by atoms with van der Waals surface area (Å²) >= 11 is 6.02. The van der Waals surface area contributed by atoms with Crippen LogP contribution in [0.4, 0.5) is 5.69 Å². The molecule has 0 spiro atoms. The van der Waals surface area contributed by atoms with Gasteiger partial charge in [0.15, 0.2) is 12.8 Å². The highest BCUT2D eigenvalue weighted by molar-refractivity contribution is 6.30. The van der Waals surface area contributed by atoms with E-state index in [4.69, 9.17) is 11.6 Å². The van der Waals surface area contributed by atoms with Gasteiger partial charge >= 0.3 is 0 Å². The third kappa shape index (κ3) is 2.65. The molecule has 3 rings (SSSR count). The van der Waals surface area contributed by atoms with Gasteiger partial charge in [0.25, 0.3) is 0 Å². The summed E-state index contributed by atoms with van der Waals surface area (Å²) in [6.45, 7) is 1.01. The highest BCUT2D eigenvalue weighted by atomic mass is 79.9. The number of fused-ring (bicyclic) bond motifs is 1. The topological polar surface area (TPSA) is 3.01 Å². The lowest BCUT2D eigenvalue weighted by Gasteiger charge is -2.11. The van der Waals surface area contributed by atoms with Crippen LogP contribution in [0.25, 0.3) is 0 Å². The standard InChI is InChI=1S/C15H13ClN.BrH/c16-14-6-3-7-15(10-14)17-9-8-12-4-1-2-5-13(12)11-17;/h1-7,10-11H,8-9H2;1H/q+1;/p-1. The number of hydrogen-bond acceptors (Lipinski definition) is 0. The SMILES string of the molecule is Clc1cccc([N+]2=Cc3ccccc3CC2)c1.[Br-]. The summed E-state index contributed by atoms with van der Waals surface area (Å²) in [6.07, 6.45) is 3.28. The van der Waals surface area contributed by atoms with E-state index in [0.29, 0.717) is 0 Å². The largest absolute Gasteiger partial charge is 1.00 e. The number of nitrogens with zero attached hydrogens (tertiary/aromatic N) is 1. The summed E-state index contributed by atoms with van der Waals surface area (Å²) in [5.41, 5.74) is 3.89. The molecule has 92 valence electrons. The maximum atomic E-state index is 6.02. The van der Waals surface area contributed by atoms with Gasteiger partial charge in [-0.1, -0.05) is 35.9 Å². The van der Waals surface area contributed by atoms with Crippen LogP contribution in [0.15, 0.2) is 48.5 Å².